The number of rotatable bonds is 3. The van der Waals surface area contributed by atoms with Crippen molar-refractivity contribution in [3.05, 3.63) is 42.4 Å². The Kier molecular flexibility index (Phi) is 3.03. The highest BCUT2D eigenvalue weighted by molar-refractivity contribution is 7.92. The topological polar surface area (TPSA) is 107 Å². The standard InChI is InChI=1S/C14H13N7O2S/c1-9-11-7-10(8-15-13(11)20(2)17-9)24(22,23)19-14-16-12-5-3-4-6-21(12)18-14/h3-8H,1-2H3,(H,18,19). The molecule has 0 bridgehead atoms. The smallest absolute Gasteiger partial charge is 0.250 e. The minimum absolute atomic E-state index is 0.00389. The summed E-state index contributed by atoms with van der Waals surface area (Å²) in [4.78, 5) is 8.35. The van der Waals surface area contributed by atoms with Gasteiger partial charge in [0.15, 0.2) is 11.3 Å². The van der Waals surface area contributed by atoms with E-state index in [1.165, 1.54) is 10.7 Å². The lowest BCUT2D eigenvalue weighted by Gasteiger charge is -2.04. The number of hydrogen-bond acceptors (Lipinski definition) is 6. The molecule has 4 aromatic rings. The van der Waals surface area contributed by atoms with Crippen molar-refractivity contribution in [2.45, 2.75) is 11.8 Å². The molecule has 0 aliphatic heterocycles. The number of aromatic nitrogens is 6. The van der Waals surface area contributed by atoms with Crippen LogP contribution in [0.2, 0.25) is 0 Å². The van der Waals surface area contributed by atoms with E-state index in [9.17, 15) is 8.42 Å². The molecule has 0 atom stereocenters. The van der Waals surface area contributed by atoms with Crippen molar-refractivity contribution in [2.24, 2.45) is 7.05 Å². The molecule has 24 heavy (non-hydrogen) atoms. The second-order valence-electron chi connectivity index (χ2n) is 5.30. The van der Waals surface area contributed by atoms with E-state index >= 15 is 0 Å². The van der Waals surface area contributed by atoms with E-state index in [1.807, 2.05) is 0 Å². The van der Waals surface area contributed by atoms with Gasteiger partial charge in [-0.15, -0.1) is 5.10 Å². The zero-order valence-corrected chi connectivity index (χ0v) is 13.7. The van der Waals surface area contributed by atoms with Crippen molar-refractivity contribution in [1.82, 2.24) is 29.4 Å². The SMILES string of the molecule is Cc1nn(C)c2ncc(S(=O)(=O)Nc3nc4ccccn4n3)cc12. The van der Waals surface area contributed by atoms with Gasteiger partial charge in [0.2, 0.25) is 0 Å². The summed E-state index contributed by atoms with van der Waals surface area (Å²) >= 11 is 0. The highest BCUT2D eigenvalue weighted by Crippen LogP contribution is 2.20. The zero-order valence-electron chi connectivity index (χ0n) is 12.9. The Morgan fingerprint density at radius 2 is 2.04 bits per heavy atom. The van der Waals surface area contributed by atoms with Gasteiger partial charge in [0.25, 0.3) is 16.0 Å². The number of fused-ring (bicyclic) bond motifs is 2. The molecule has 0 aromatic carbocycles. The molecule has 4 aromatic heterocycles. The fourth-order valence-corrected chi connectivity index (χ4v) is 3.40. The van der Waals surface area contributed by atoms with Crippen molar-refractivity contribution < 1.29 is 8.42 Å². The van der Waals surface area contributed by atoms with E-state index in [4.69, 9.17) is 0 Å². The molecule has 0 spiro atoms. The van der Waals surface area contributed by atoms with Gasteiger partial charge in [-0.1, -0.05) is 6.07 Å². The van der Waals surface area contributed by atoms with Crippen LogP contribution >= 0.6 is 0 Å². The summed E-state index contributed by atoms with van der Waals surface area (Å²) < 4.78 is 30.6. The Labute approximate surface area is 137 Å². The predicted octanol–water partition coefficient (Wildman–Crippen LogP) is 1.12. The number of anilines is 1. The van der Waals surface area contributed by atoms with Crippen LogP contribution in [0.5, 0.6) is 0 Å². The van der Waals surface area contributed by atoms with Crippen molar-refractivity contribution in [2.75, 3.05) is 4.72 Å². The second kappa shape index (κ2) is 4.99. The summed E-state index contributed by atoms with van der Waals surface area (Å²) in [5.41, 5.74) is 1.88. The van der Waals surface area contributed by atoms with E-state index in [2.05, 4.69) is 24.9 Å². The maximum absolute atomic E-state index is 12.6. The largest absolute Gasteiger partial charge is 0.265 e. The molecule has 4 rings (SSSR count). The molecule has 10 heteroatoms. The molecule has 0 amide bonds. The average Bonchev–Trinajstić information content (AvgIpc) is 3.07. The van der Waals surface area contributed by atoms with E-state index < -0.39 is 10.0 Å². The Morgan fingerprint density at radius 1 is 1.21 bits per heavy atom. The van der Waals surface area contributed by atoms with Crippen LogP contribution in [0.4, 0.5) is 5.95 Å². The van der Waals surface area contributed by atoms with Crippen molar-refractivity contribution in [1.29, 1.82) is 0 Å². The van der Waals surface area contributed by atoms with E-state index in [0.717, 1.165) is 0 Å². The van der Waals surface area contributed by atoms with Gasteiger partial charge in [-0.05, 0) is 25.1 Å². The highest BCUT2D eigenvalue weighted by Gasteiger charge is 2.19. The van der Waals surface area contributed by atoms with Crippen LogP contribution in [0, 0.1) is 6.92 Å². The summed E-state index contributed by atoms with van der Waals surface area (Å²) in [5.74, 6) is 0.00389. The lowest BCUT2D eigenvalue weighted by molar-refractivity contribution is 0.600. The lowest BCUT2D eigenvalue weighted by Crippen LogP contribution is -2.14. The van der Waals surface area contributed by atoms with Crippen LogP contribution in [0.25, 0.3) is 16.7 Å². The summed E-state index contributed by atoms with van der Waals surface area (Å²) in [6.45, 7) is 1.80. The van der Waals surface area contributed by atoms with Crippen molar-refractivity contribution in [3.8, 4) is 0 Å². The van der Waals surface area contributed by atoms with Crippen molar-refractivity contribution in [3.63, 3.8) is 0 Å². The van der Waals surface area contributed by atoms with E-state index in [-0.39, 0.29) is 10.8 Å². The monoisotopic (exact) mass is 343 g/mol. The minimum atomic E-state index is -3.85. The lowest BCUT2D eigenvalue weighted by atomic mass is 10.3. The van der Waals surface area contributed by atoms with Crippen LogP contribution in [-0.4, -0.2) is 37.8 Å². The highest BCUT2D eigenvalue weighted by atomic mass is 32.2. The predicted molar refractivity (Wildman–Crippen MR) is 87.0 cm³/mol. The molecule has 0 aliphatic carbocycles. The van der Waals surface area contributed by atoms with Gasteiger partial charge in [0.05, 0.1) is 5.69 Å². The first-order valence-electron chi connectivity index (χ1n) is 7.08. The van der Waals surface area contributed by atoms with Gasteiger partial charge < -0.3 is 0 Å². The Balaban J connectivity index is 1.75. The molecule has 0 fully saturated rings. The van der Waals surface area contributed by atoms with Crippen LogP contribution in [0.15, 0.2) is 41.6 Å². The molecule has 9 nitrogen and oxygen atoms in total. The molecule has 4 heterocycles. The van der Waals surface area contributed by atoms with Crippen molar-refractivity contribution >= 4 is 32.7 Å². The van der Waals surface area contributed by atoms with Crippen LogP contribution in [-0.2, 0) is 17.1 Å². The molecule has 0 radical (unpaired) electrons. The normalized spacial score (nSPS) is 12.1. The summed E-state index contributed by atoms with van der Waals surface area (Å²) in [5, 5.41) is 9.01. The summed E-state index contributed by atoms with van der Waals surface area (Å²) in [7, 11) is -2.09. The van der Waals surface area contributed by atoms with Crippen LogP contribution in [0.1, 0.15) is 5.69 Å². The fourth-order valence-electron chi connectivity index (χ4n) is 2.49. The molecular formula is C14H13N7O2S. The third-order valence-corrected chi connectivity index (χ3v) is 4.91. The van der Waals surface area contributed by atoms with Crippen LogP contribution < -0.4 is 4.72 Å². The number of nitrogens with zero attached hydrogens (tertiary/aromatic N) is 6. The Morgan fingerprint density at radius 3 is 2.83 bits per heavy atom. The van der Waals surface area contributed by atoms with Gasteiger partial charge in [-0.3, -0.25) is 4.68 Å². The molecule has 122 valence electrons. The maximum Gasteiger partial charge on any atom is 0.265 e. The van der Waals surface area contributed by atoms with E-state index in [0.29, 0.717) is 22.4 Å². The number of hydrogen-bond donors (Lipinski definition) is 1. The number of pyridine rings is 2. The zero-order chi connectivity index (χ0) is 16.9. The first-order chi connectivity index (χ1) is 11.4. The molecule has 0 saturated heterocycles. The molecule has 0 aliphatic rings. The molecule has 1 N–H and O–H groups in total. The van der Waals surface area contributed by atoms with Gasteiger partial charge in [-0.2, -0.15) is 10.1 Å². The minimum Gasteiger partial charge on any atom is -0.250 e. The molecule has 0 unspecified atom stereocenters. The molecular weight excluding hydrogens is 330 g/mol. The quantitative estimate of drug-likeness (QED) is 0.597. The second-order valence-corrected chi connectivity index (χ2v) is 6.98. The molecule has 0 saturated carbocycles. The van der Waals surface area contributed by atoms with Gasteiger partial charge in [0, 0.05) is 24.8 Å². The third-order valence-electron chi connectivity index (χ3n) is 3.62. The Hall–Kier alpha value is -3.01. The van der Waals surface area contributed by atoms with Gasteiger partial charge in [0.1, 0.15) is 4.90 Å². The van der Waals surface area contributed by atoms with Gasteiger partial charge >= 0.3 is 0 Å². The number of aryl methyl sites for hydroxylation is 2. The van der Waals surface area contributed by atoms with Gasteiger partial charge in [-0.25, -0.2) is 22.6 Å². The van der Waals surface area contributed by atoms with Crippen LogP contribution in [0.3, 0.4) is 0 Å². The third kappa shape index (κ3) is 2.27. The summed E-state index contributed by atoms with van der Waals surface area (Å²) in [6.07, 6.45) is 2.98. The first kappa shape index (κ1) is 14.6. The fraction of sp³-hybridized carbons (Fsp3) is 0.143. The number of nitrogens with one attached hydrogen (secondary N) is 1. The Bertz CT molecular complexity index is 1140. The number of sulfonamides is 1. The maximum atomic E-state index is 12.6. The first-order valence-corrected chi connectivity index (χ1v) is 8.56. The van der Waals surface area contributed by atoms with E-state index in [1.54, 1.807) is 49.1 Å². The average molecular weight is 343 g/mol. The summed E-state index contributed by atoms with van der Waals surface area (Å²) in [6, 6.07) is 6.86.